The summed E-state index contributed by atoms with van der Waals surface area (Å²) in [7, 11) is 3.65. The van der Waals surface area contributed by atoms with Crippen molar-refractivity contribution in [3.8, 4) is 0 Å². The van der Waals surface area contributed by atoms with Crippen LogP contribution in [0, 0.1) is 0 Å². The van der Waals surface area contributed by atoms with Crippen LogP contribution < -0.4 is 4.89 Å². The standard InChI is InChI=1S/C24H47NO2P/c1-6-8-9-10-11-12-13-14-15-16-17-18-19-20-21-23-24(22-7-2,28(26)27)25(3,4)5/h6,11-12H,1,7-10,13-23H2,2-5H3/q+1/b12-11-. The molecule has 0 fully saturated rings. The molecule has 0 aliphatic heterocycles. The average Bonchev–Trinajstić information content (AvgIpc) is 2.62. The molecule has 0 saturated carbocycles. The van der Waals surface area contributed by atoms with E-state index in [1.165, 1.54) is 57.8 Å². The minimum absolute atomic E-state index is 0.516. The van der Waals surface area contributed by atoms with E-state index in [4.69, 9.17) is 0 Å². The van der Waals surface area contributed by atoms with Crippen LogP contribution in [0.3, 0.4) is 0 Å². The molecule has 0 rings (SSSR count). The van der Waals surface area contributed by atoms with Crippen molar-refractivity contribution < 1.29 is 13.9 Å². The second-order valence-electron chi connectivity index (χ2n) is 9.06. The second-order valence-corrected chi connectivity index (χ2v) is 10.4. The van der Waals surface area contributed by atoms with Gasteiger partial charge in [-0.05, 0) is 44.9 Å². The fourth-order valence-corrected chi connectivity index (χ4v) is 5.21. The molecule has 0 heterocycles. The SMILES string of the molecule is C=CCCC/C=C\CCCCCCCCCCC(CCC)([P+](=O)[O-])[N+](C)(C)C. The number of hydrogen-bond donors (Lipinski definition) is 0. The molecule has 3 nitrogen and oxygen atoms in total. The van der Waals surface area contributed by atoms with Crippen LogP contribution in [0.15, 0.2) is 24.8 Å². The van der Waals surface area contributed by atoms with Crippen LogP contribution in [0.25, 0.3) is 0 Å². The Bertz CT molecular complexity index is 442. The Labute approximate surface area is 176 Å². The summed E-state index contributed by atoms with van der Waals surface area (Å²) in [6.45, 7) is 5.83. The number of unbranched alkanes of at least 4 members (excludes halogenated alkanes) is 10. The van der Waals surface area contributed by atoms with Crippen LogP contribution in [0.4, 0.5) is 0 Å². The predicted molar refractivity (Wildman–Crippen MR) is 123 cm³/mol. The number of allylic oxidation sites excluding steroid dienone is 3. The van der Waals surface area contributed by atoms with Crippen molar-refractivity contribution in [2.24, 2.45) is 0 Å². The lowest BCUT2D eigenvalue weighted by Gasteiger charge is -2.39. The van der Waals surface area contributed by atoms with Gasteiger partial charge in [-0.15, -0.1) is 6.58 Å². The summed E-state index contributed by atoms with van der Waals surface area (Å²) in [5, 5.41) is -0.594. The lowest BCUT2D eigenvalue weighted by molar-refractivity contribution is -0.910. The van der Waals surface area contributed by atoms with E-state index in [-0.39, 0.29) is 0 Å². The molecular formula is C24H47NO2P+. The highest BCUT2D eigenvalue weighted by atomic mass is 31.1. The van der Waals surface area contributed by atoms with Crippen LogP contribution in [0.2, 0.25) is 0 Å². The zero-order valence-corrected chi connectivity index (χ0v) is 20.2. The topological polar surface area (TPSA) is 40.1 Å². The largest absolute Gasteiger partial charge is 0.590 e. The Morgan fingerprint density at radius 1 is 0.821 bits per heavy atom. The fraction of sp³-hybridized carbons (Fsp3) is 0.833. The first-order valence-electron chi connectivity index (χ1n) is 11.5. The van der Waals surface area contributed by atoms with E-state index in [9.17, 15) is 9.46 Å². The Morgan fingerprint density at radius 3 is 1.79 bits per heavy atom. The van der Waals surface area contributed by atoms with E-state index in [1.54, 1.807) is 0 Å². The van der Waals surface area contributed by atoms with Crippen molar-refractivity contribution in [1.82, 2.24) is 0 Å². The lowest BCUT2D eigenvalue weighted by Crippen LogP contribution is -2.55. The van der Waals surface area contributed by atoms with Gasteiger partial charge < -0.3 is 4.89 Å². The Balaban J connectivity index is 3.79. The van der Waals surface area contributed by atoms with Gasteiger partial charge in [-0.25, -0.2) is 0 Å². The van der Waals surface area contributed by atoms with Crippen molar-refractivity contribution in [3.05, 3.63) is 24.8 Å². The monoisotopic (exact) mass is 412 g/mol. The van der Waals surface area contributed by atoms with E-state index in [2.05, 4.69) is 25.7 Å². The Hall–Kier alpha value is -0.500. The molecule has 0 saturated heterocycles. The van der Waals surface area contributed by atoms with E-state index in [0.717, 1.165) is 38.5 Å². The first-order valence-corrected chi connectivity index (χ1v) is 12.7. The first kappa shape index (κ1) is 27.5. The Kier molecular flexibility index (Phi) is 16.0. The number of rotatable bonds is 19. The first-order chi connectivity index (χ1) is 13.3. The molecule has 4 heteroatoms. The Morgan fingerprint density at radius 2 is 1.32 bits per heavy atom. The third-order valence-corrected chi connectivity index (χ3v) is 7.61. The zero-order valence-electron chi connectivity index (χ0n) is 19.3. The molecule has 0 N–H and O–H groups in total. The summed E-state index contributed by atoms with van der Waals surface area (Å²) < 4.78 is 12.6. The minimum atomic E-state index is -2.42. The molecule has 0 spiro atoms. The van der Waals surface area contributed by atoms with E-state index in [0.29, 0.717) is 4.48 Å². The molecule has 0 aliphatic rings. The highest BCUT2D eigenvalue weighted by Crippen LogP contribution is 2.45. The van der Waals surface area contributed by atoms with Crippen molar-refractivity contribution in [3.63, 3.8) is 0 Å². The maximum absolute atomic E-state index is 12.0. The third kappa shape index (κ3) is 11.5. The zero-order chi connectivity index (χ0) is 21.3. The van der Waals surface area contributed by atoms with Crippen LogP contribution in [-0.4, -0.2) is 30.9 Å². The minimum Gasteiger partial charge on any atom is -0.590 e. The maximum atomic E-state index is 12.0. The molecular weight excluding hydrogens is 365 g/mol. The quantitative estimate of drug-likeness (QED) is 0.0982. The van der Waals surface area contributed by atoms with E-state index >= 15 is 0 Å². The normalized spacial score (nSPS) is 15.0. The molecule has 0 radical (unpaired) electrons. The summed E-state index contributed by atoms with van der Waals surface area (Å²) in [6.07, 6.45) is 23.8. The molecule has 0 amide bonds. The summed E-state index contributed by atoms with van der Waals surface area (Å²) >= 11 is 0. The van der Waals surface area contributed by atoms with E-state index < -0.39 is 13.3 Å². The molecule has 0 aromatic heterocycles. The summed E-state index contributed by atoms with van der Waals surface area (Å²) in [5.41, 5.74) is 0. The summed E-state index contributed by atoms with van der Waals surface area (Å²) in [4.78, 5) is 12.0. The van der Waals surface area contributed by atoms with Gasteiger partial charge in [0.2, 0.25) is 0 Å². The van der Waals surface area contributed by atoms with Crippen LogP contribution in [-0.2, 0) is 4.57 Å². The van der Waals surface area contributed by atoms with Crippen molar-refractivity contribution in [1.29, 1.82) is 0 Å². The van der Waals surface area contributed by atoms with Gasteiger partial charge in [-0.2, -0.15) is 0 Å². The van der Waals surface area contributed by atoms with Gasteiger partial charge >= 0.3 is 8.03 Å². The molecule has 28 heavy (non-hydrogen) atoms. The van der Waals surface area contributed by atoms with Gasteiger partial charge in [0.1, 0.15) is 0 Å². The van der Waals surface area contributed by atoms with Crippen LogP contribution in [0.5, 0.6) is 0 Å². The maximum Gasteiger partial charge on any atom is 0.376 e. The third-order valence-electron chi connectivity index (χ3n) is 5.88. The number of nitrogens with zero attached hydrogens (tertiary/aromatic N) is 1. The molecule has 2 atom stereocenters. The molecule has 0 aliphatic carbocycles. The van der Waals surface area contributed by atoms with Gasteiger partial charge in [0.25, 0.3) is 5.28 Å². The fourth-order valence-electron chi connectivity index (χ4n) is 3.97. The second kappa shape index (κ2) is 16.3. The van der Waals surface area contributed by atoms with Gasteiger partial charge in [0, 0.05) is 12.8 Å². The predicted octanol–water partition coefficient (Wildman–Crippen LogP) is 7.11. The molecule has 0 aromatic rings. The molecule has 2 unspecified atom stereocenters. The highest BCUT2D eigenvalue weighted by molar-refractivity contribution is 7.38. The summed E-state index contributed by atoms with van der Waals surface area (Å²) in [5.74, 6) is 0. The number of hydrogen-bond acceptors (Lipinski definition) is 2. The molecule has 0 bridgehead atoms. The van der Waals surface area contributed by atoms with Crippen LogP contribution in [0.1, 0.15) is 103 Å². The van der Waals surface area contributed by atoms with E-state index in [1.807, 2.05) is 27.2 Å². The van der Waals surface area contributed by atoms with Crippen molar-refractivity contribution in [2.75, 3.05) is 21.1 Å². The van der Waals surface area contributed by atoms with Gasteiger partial charge in [0.05, 0.1) is 21.1 Å². The molecule has 164 valence electrons. The van der Waals surface area contributed by atoms with Gasteiger partial charge in [0.15, 0.2) is 0 Å². The summed E-state index contributed by atoms with van der Waals surface area (Å²) in [6, 6.07) is 0. The number of quaternary nitrogens is 1. The van der Waals surface area contributed by atoms with Crippen molar-refractivity contribution in [2.45, 2.75) is 109 Å². The van der Waals surface area contributed by atoms with Crippen LogP contribution >= 0.6 is 8.03 Å². The lowest BCUT2D eigenvalue weighted by atomic mass is 9.99. The van der Waals surface area contributed by atoms with Crippen molar-refractivity contribution >= 4 is 8.03 Å². The van der Waals surface area contributed by atoms with Gasteiger partial charge in [-0.3, -0.25) is 4.48 Å². The average molecular weight is 413 g/mol. The highest BCUT2D eigenvalue weighted by Gasteiger charge is 2.53. The smallest absolute Gasteiger partial charge is 0.376 e. The molecule has 0 aromatic carbocycles. The van der Waals surface area contributed by atoms with Gasteiger partial charge in [-0.1, -0.05) is 68.2 Å².